The highest BCUT2D eigenvalue weighted by atomic mass is 79.9. The highest BCUT2D eigenvalue weighted by Gasteiger charge is 2.04. The van der Waals surface area contributed by atoms with Gasteiger partial charge in [-0.3, -0.25) is 0 Å². The molecule has 0 aliphatic carbocycles. The van der Waals surface area contributed by atoms with Crippen molar-refractivity contribution in [2.45, 2.75) is 13.8 Å². The van der Waals surface area contributed by atoms with E-state index in [0.29, 0.717) is 5.92 Å². The van der Waals surface area contributed by atoms with Crippen LogP contribution >= 0.6 is 43.5 Å². The molecule has 0 saturated heterocycles. The molecule has 0 saturated carbocycles. The second-order valence-electron chi connectivity index (χ2n) is 3.67. The maximum Gasteiger partial charge on any atom is 0.0479 e. The lowest BCUT2D eigenvalue weighted by Crippen LogP contribution is -1.95. The van der Waals surface area contributed by atoms with Gasteiger partial charge in [0.15, 0.2) is 0 Å². The van der Waals surface area contributed by atoms with Gasteiger partial charge in [0.05, 0.1) is 0 Å². The van der Waals surface area contributed by atoms with Crippen molar-refractivity contribution in [1.29, 1.82) is 0 Å². The SMILES string of the molecule is CC(C)/C(=C/c1cc(Br)ccc1Cl)CBr. The average molecular weight is 352 g/mol. The molecule has 0 amide bonds. The quantitative estimate of drug-likeness (QED) is 0.627. The molecule has 1 rings (SSSR count). The topological polar surface area (TPSA) is 0 Å². The summed E-state index contributed by atoms with van der Waals surface area (Å²) in [6.45, 7) is 4.36. The molecule has 0 radical (unpaired) electrons. The van der Waals surface area contributed by atoms with Gasteiger partial charge in [-0.05, 0) is 29.7 Å². The summed E-state index contributed by atoms with van der Waals surface area (Å²) in [4.78, 5) is 0. The van der Waals surface area contributed by atoms with Crippen LogP contribution in [0.15, 0.2) is 28.2 Å². The molecule has 0 aromatic heterocycles. The van der Waals surface area contributed by atoms with Crippen LogP contribution in [-0.2, 0) is 0 Å². The molecule has 0 spiro atoms. The fraction of sp³-hybridized carbons (Fsp3) is 0.333. The Balaban J connectivity index is 3.10. The van der Waals surface area contributed by atoms with E-state index in [2.05, 4.69) is 51.8 Å². The number of halogens is 3. The summed E-state index contributed by atoms with van der Waals surface area (Å²) >= 11 is 13.1. The van der Waals surface area contributed by atoms with Crippen molar-refractivity contribution in [3.05, 3.63) is 38.8 Å². The summed E-state index contributed by atoms with van der Waals surface area (Å²) in [6, 6.07) is 5.89. The van der Waals surface area contributed by atoms with Crippen LogP contribution in [0.5, 0.6) is 0 Å². The largest absolute Gasteiger partial charge is 0.0880 e. The summed E-state index contributed by atoms with van der Waals surface area (Å²) in [5.74, 6) is 0.527. The number of rotatable bonds is 3. The Labute approximate surface area is 113 Å². The van der Waals surface area contributed by atoms with E-state index >= 15 is 0 Å². The number of benzene rings is 1. The first-order chi connectivity index (χ1) is 7.04. The molecule has 3 heteroatoms. The molecular formula is C12H13Br2Cl. The van der Waals surface area contributed by atoms with Crippen LogP contribution in [0.3, 0.4) is 0 Å². The van der Waals surface area contributed by atoms with Gasteiger partial charge >= 0.3 is 0 Å². The second kappa shape index (κ2) is 6.07. The fourth-order valence-electron chi connectivity index (χ4n) is 1.18. The molecule has 82 valence electrons. The first kappa shape index (κ1) is 13.3. The average Bonchev–Trinajstić information content (AvgIpc) is 2.18. The Morgan fingerprint density at radius 2 is 2.13 bits per heavy atom. The minimum atomic E-state index is 0.527. The minimum Gasteiger partial charge on any atom is -0.0880 e. The van der Waals surface area contributed by atoms with E-state index in [1.807, 2.05) is 18.2 Å². The van der Waals surface area contributed by atoms with Crippen molar-refractivity contribution in [2.75, 3.05) is 5.33 Å². The molecule has 0 heterocycles. The van der Waals surface area contributed by atoms with E-state index < -0.39 is 0 Å². The third-order valence-corrected chi connectivity index (χ3v) is 3.68. The predicted molar refractivity (Wildman–Crippen MR) is 75.8 cm³/mol. The summed E-state index contributed by atoms with van der Waals surface area (Å²) in [7, 11) is 0. The molecule has 0 N–H and O–H groups in total. The van der Waals surface area contributed by atoms with Gasteiger partial charge in [-0.1, -0.05) is 69.0 Å². The number of allylic oxidation sites excluding steroid dienone is 1. The fourth-order valence-corrected chi connectivity index (χ4v) is 2.54. The van der Waals surface area contributed by atoms with E-state index in [9.17, 15) is 0 Å². The Morgan fingerprint density at radius 1 is 1.47 bits per heavy atom. The van der Waals surface area contributed by atoms with E-state index in [-0.39, 0.29) is 0 Å². The van der Waals surface area contributed by atoms with Crippen LogP contribution in [0, 0.1) is 5.92 Å². The highest BCUT2D eigenvalue weighted by molar-refractivity contribution is 9.10. The van der Waals surface area contributed by atoms with E-state index in [1.165, 1.54) is 5.57 Å². The van der Waals surface area contributed by atoms with Crippen LogP contribution < -0.4 is 0 Å². The van der Waals surface area contributed by atoms with Crippen LogP contribution in [0.25, 0.3) is 6.08 Å². The van der Waals surface area contributed by atoms with E-state index in [0.717, 1.165) is 20.4 Å². The van der Waals surface area contributed by atoms with E-state index in [4.69, 9.17) is 11.6 Å². The lowest BCUT2D eigenvalue weighted by atomic mass is 10.0. The van der Waals surface area contributed by atoms with Crippen molar-refractivity contribution in [3.63, 3.8) is 0 Å². The summed E-state index contributed by atoms with van der Waals surface area (Å²) in [6.07, 6.45) is 2.15. The molecule has 1 aromatic carbocycles. The summed E-state index contributed by atoms with van der Waals surface area (Å²) in [5.41, 5.74) is 2.41. The zero-order chi connectivity index (χ0) is 11.4. The number of hydrogen-bond donors (Lipinski definition) is 0. The molecule has 0 aliphatic heterocycles. The minimum absolute atomic E-state index is 0.527. The van der Waals surface area contributed by atoms with Gasteiger partial charge in [-0.2, -0.15) is 0 Å². The summed E-state index contributed by atoms with van der Waals surface area (Å²) < 4.78 is 1.05. The lowest BCUT2D eigenvalue weighted by Gasteiger charge is -2.08. The van der Waals surface area contributed by atoms with Gasteiger partial charge in [0.25, 0.3) is 0 Å². The Hall–Kier alpha value is 0.210. The van der Waals surface area contributed by atoms with Crippen molar-refractivity contribution in [3.8, 4) is 0 Å². The third-order valence-electron chi connectivity index (χ3n) is 2.19. The van der Waals surface area contributed by atoms with Crippen molar-refractivity contribution < 1.29 is 0 Å². The van der Waals surface area contributed by atoms with Gasteiger partial charge < -0.3 is 0 Å². The zero-order valence-corrected chi connectivity index (χ0v) is 12.7. The maximum atomic E-state index is 6.12. The van der Waals surface area contributed by atoms with Crippen molar-refractivity contribution in [1.82, 2.24) is 0 Å². The van der Waals surface area contributed by atoms with Gasteiger partial charge in [0, 0.05) is 14.8 Å². The van der Waals surface area contributed by atoms with E-state index in [1.54, 1.807) is 0 Å². The molecule has 1 aromatic rings. The Bertz CT molecular complexity index is 370. The Kier molecular flexibility index (Phi) is 5.37. The van der Waals surface area contributed by atoms with Gasteiger partial charge in [0.1, 0.15) is 0 Å². The molecule has 0 unspecified atom stereocenters. The molecule has 0 bridgehead atoms. The van der Waals surface area contributed by atoms with Gasteiger partial charge in [-0.25, -0.2) is 0 Å². The molecule has 0 aliphatic rings. The smallest absolute Gasteiger partial charge is 0.0479 e. The van der Waals surface area contributed by atoms with Crippen LogP contribution in [0.4, 0.5) is 0 Å². The lowest BCUT2D eigenvalue weighted by molar-refractivity contribution is 0.781. The molecular weight excluding hydrogens is 339 g/mol. The monoisotopic (exact) mass is 350 g/mol. The van der Waals surface area contributed by atoms with Crippen molar-refractivity contribution in [2.24, 2.45) is 5.92 Å². The molecule has 0 atom stereocenters. The standard InChI is InChI=1S/C12H13Br2Cl/c1-8(2)10(7-13)5-9-6-11(14)3-4-12(9)15/h3-6,8H,7H2,1-2H3/b10-5+. The Morgan fingerprint density at radius 3 is 2.67 bits per heavy atom. The van der Waals surface area contributed by atoms with Crippen molar-refractivity contribution >= 4 is 49.5 Å². The number of hydrogen-bond acceptors (Lipinski definition) is 0. The summed E-state index contributed by atoms with van der Waals surface area (Å²) in [5, 5.41) is 1.67. The zero-order valence-electron chi connectivity index (χ0n) is 8.73. The molecule has 0 nitrogen and oxygen atoms in total. The first-order valence-corrected chi connectivity index (χ1v) is 7.05. The van der Waals surface area contributed by atoms with Gasteiger partial charge in [0.2, 0.25) is 0 Å². The molecule has 15 heavy (non-hydrogen) atoms. The number of alkyl halides is 1. The third kappa shape index (κ3) is 3.93. The van der Waals surface area contributed by atoms with Crippen LogP contribution in [0.2, 0.25) is 5.02 Å². The van der Waals surface area contributed by atoms with Gasteiger partial charge in [-0.15, -0.1) is 0 Å². The van der Waals surface area contributed by atoms with Crippen LogP contribution in [0.1, 0.15) is 19.4 Å². The van der Waals surface area contributed by atoms with Crippen LogP contribution in [-0.4, -0.2) is 5.33 Å². The second-order valence-corrected chi connectivity index (χ2v) is 5.56. The highest BCUT2D eigenvalue weighted by Crippen LogP contribution is 2.25. The first-order valence-electron chi connectivity index (χ1n) is 4.76. The normalized spacial score (nSPS) is 12.3. The maximum absolute atomic E-state index is 6.12. The predicted octanol–water partition coefficient (Wildman–Crippen LogP) is 5.54. The molecule has 0 fully saturated rings.